The lowest BCUT2D eigenvalue weighted by molar-refractivity contribution is -0.121. The van der Waals surface area contributed by atoms with Crippen molar-refractivity contribution in [2.75, 3.05) is 23.7 Å². The average molecular weight is 298 g/mol. The molecule has 4 nitrogen and oxygen atoms in total. The topological polar surface area (TPSA) is 58.4 Å². The summed E-state index contributed by atoms with van der Waals surface area (Å²) in [5, 5.41) is 3.00. The van der Waals surface area contributed by atoms with E-state index in [1.807, 2.05) is 32.9 Å². The van der Waals surface area contributed by atoms with Gasteiger partial charge in [0, 0.05) is 23.5 Å². The minimum absolute atomic E-state index is 0. The van der Waals surface area contributed by atoms with E-state index >= 15 is 0 Å². The van der Waals surface area contributed by atoms with Gasteiger partial charge in [0.1, 0.15) is 0 Å². The lowest BCUT2D eigenvalue weighted by atomic mass is 10.00. The fraction of sp³-hybridized carbons (Fsp3) is 0.533. The number of carbonyl (C=O) groups is 1. The molecule has 0 bridgehead atoms. The zero-order chi connectivity index (χ0) is 14.0. The van der Waals surface area contributed by atoms with Gasteiger partial charge in [-0.2, -0.15) is 0 Å². The Hall–Kier alpha value is -1.42. The first-order valence-electron chi connectivity index (χ1n) is 6.80. The van der Waals surface area contributed by atoms with Gasteiger partial charge in [0.05, 0.1) is 6.54 Å². The molecule has 2 rings (SSSR count). The molecule has 112 valence electrons. The number of nitrogens with two attached hydrogens (primary N) is 1. The van der Waals surface area contributed by atoms with Crippen LogP contribution in [0.4, 0.5) is 11.4 Å². The maximum atomic E-state index is 12.0. The van der Waals surface area contributed by atoms with Gasteiger partial charge >= 0.3 is 0 Å². The maximum Gasteiger partial charge on any atom is 0.239 e. The Kier molecular flexibility index (Phi) is 5.28. The van der Waals surface area contributed by atoms with Gasteiger partial charge in [0.25, 0.3) is 0 Å². The zero-order valence-corrected chi connectivity index (χ0v) is 13.2. The molecular weight excluding hydrogens is 274 g/mol. The van der Waals surface area contributed by atoms with Crippen LogP contribution in [-0.4, -0.2) is 24.5 Å². The van der Waals surface area contributed by atoms with Gasteiger partial charge in [0.15, 0.2) is 0 Å². The molecule has 0 saturated heterocycles. The van der Waals surface area contributed by atoms with Crippen LogP contribution in [0.2, 0.25) is 0 Å². The van der Waals surface area contributed by atoms with Gasteiger partial charge < -0.3 is 16.0 Å². The summed E-state index contributed by atoms with van der Waals surface area (Å²) >= 11 is 0. The van der Waals surface area contributed by atoms with E-state index in [1.54, 1.807) is 0 Å². The van der Waals surface area contributed by atoms with Crippen molar-refractivity contribution in [1.82, 2.24) is 5.32 Å². The van der Waals surface area contributed by atoms with Gasteiger partial charge in [-0.15, -0.1) is 12.4 Å². The first-order valence-corrected chi connectivity index (χ1v) is 6.80. The van der Waals surface area contributed by atoms with E-state index in [9.17, 15) is 4.79 Å². The summed E-state index contributed by atoms with van der Waals surface area (Å²) in [5.74, 6) is 0.0581. The Balaban J connectivity index is 0.00000200. The number of benzene rings is 1. The largest absolute Gasteiger partial charge is 0.398 e. The van der Waals surface area contributed by atoms with Crippen LogP contribution < -0.4 is 16.0 Å². The Morgan fingerprint density at radius 2 is 2.10 bits per heavy atom. The Labute approximate surface area is 127 Å². The molecule has 1 aromatic carbocycles. The number of fused-ring (bicyclic) bond motifs is 1. The lowest BCUT2D eigenvalue weighted by Crippen LogP contribution is -2.47. The van der Waals surface area contributed by atoms with Crippen molar-refractivity contribution >= 4 is 29.7 Å². The molecule has 3 N–H and O–H groups in total. The summed E-state index contributed by atoms with van der Waals surface area (Å²) in [5.41, 5.74) is 8.94. The van der Waals surface area contributed by atoms with Gasteiger partial charge in [0.2, 0.25) is 5.91 Å². The predicted molar refractivity (Wildman–Crippen MR) is 86.5 cm³/mol. The van der Waals surface area contributed by atoms with Crippen LogP contribution in [0.1, 0.15) is 32.8 Å². The van der Waals surface area contributed by atoms with E-state index in [2.05, 4.69) is 16.3 Å². The van der Waals surface area contributed by atoms with E-state index in [0.717, 1.165) is 30.8 Å². The molecule has 0 unspecified atom stereocenters. The van der Waals surface area contributed by atoms with Crippen molar-refractivity contribution in [2.24, 2.45) is 0 Å². The second-order valence-corrected chi connectivity index (χ2v) is 6.17. The summed E-state index contributed by atoms with van der Waals surface area (Å²) in [4.78, 5) is 14.2. The fourth-order valence-corrected chi connectivity index (χ4v) is 2.52. The molecule has 0 fully saturated rings. The number of amides is 1. The number of hydrogen-bond donors (Lipinski definition) is 2. The summed E-state index contributed by atoms with van der Waals surface area (Å²) in [7, 11) is 0. The van der Waals surface area contributed by atoms with Gasteiger partial charge in [-0.1, -0.05) is 6.07 Å². The van der Waals surface area contributed by atoms with Crippen LogP contribution >= 0.6 is 12.4 Å². The smallest absolute Gasteiger partial charge is 0.239 e. The molecule has 1 aliphatic rings. The molecule has 1 aromatic rings. The van der Waals surface area contributed by atoms with Crippen molar-refractivity contribution in [1.29, 1.82) is 0 Å². The number of hydrogen-bond acceptors (Lipinski definition) is 3. The minimum Gasteiger partial charge on any atom is -0.398 e. The molecule has 0 saturated carbocycles. The molecule has 1 amide bonds. The summed E-state index contributed by atoms with van der Waals surface area (Å²) < 4.78 is 0. The number of nitrogen functional groups attached to an aromatic ring is 1. The van der Waals surface area contributed by atoms with Crippen LogP contribution in [0.25, 0.3) is 0 Å². The van der Waals surface area contributed by atoms with Crippen LogP contribution in [-0.2, 0) is 11.2 Å². The quantitative estimate of drug-likeness (QED) is 0.824. The van der Waals surface area contributed by atoms with E-state index in [1.165, 1.54) is 5.56 Å². The summed E-state index contributed by atoms with van der Waals surface area (Å²) in [6.07, 6.45) is 2.05. The number of halogens is 1. The molecule has 5 heteroatoms. The van der Waals surface area contributed by atoms with Crippen LogP contribution in [0.15, 0.2) is 18.2 Å². The minimum atomic E-state index is -0.189. The van der Waals surface area contributed by atoms with Crippen molar-refractivity contribution in [3.8, 4) is 0 Å². The highest BCUT2D eigenvalue weighted by molar-refractivity contribution is 5.85. The highest BCUT2D eigenvalue weighted by atomic mass is 35.5. The van der Waals surface area contributed by atoms with E-state index < -0.39 is 0 Å². The molecule has 1 aliphatic heterocycles. The molecule has 1 heterocycles. The number of nitrogens with zero attached hydrogens (tertiary/aromatic N) is 1. The Morgan fingerprint density at radius 1 is 1.40 bits per heavy atom. The normalized spacial score (nSPS) is 14.2. The Bertz CT molecular complexity index is 482. The highest BCUT2D eigenvalue weighted by Crippen LogP contribution is 2.30. The number of nitrogens with one attached hydrogen (secondary N) is 1. The SMILES string of the molecule is CC(C)(C)NC(=O)CN1CCCc2c(N)cccc21.Cl. The zero-order valence-electron chi connectivity index (χ0n) is 12.4. The molecule has 20 heavy (non-hydrogen) atoms. The maximum absolute atomic E-state index is 12.0. The van der Waals surface area contributed by atoms with E-state index in [4.69, 9.17) is 5.73 Å². The van der Waals surface area contributed by atoms with Gasteiger partial charge in [-0.3, -0.25) is 4.79 Å². The van der Waals surface area contributed by atoms with Crippen LogP contribution in [0.5, 0.6) is 0 Å². The molecular formula is C15H24ClN3O. The molecule has 0 aliphatic carbocycles. The first kappa shape index (κ1) is 16.6. The van der Waals surface area contributed by atoms with Crippen LogP contribution in [0.3, 0.4) is 0 Å². The third-order valence-electron chi connectivity index (χ3n) is 3.23. The van der Waals surface area contributed by atoms with Gasteiger partial charge in [-0.05, 0) is 51.3 Å². The predicted octanol–water partition coefficient (Wildman–Crippen LogP) is 2.36. The number of carbonyl (C=O) groups excluding carboxylic acids is 1. The monoisotopic (exact) mass is 297 g/mol. The highest BCUT2D eigenvalue weighted by Gasteiger charge is 2.22. The second kappa shape index (κ2) is 6.35. The molecule has 0 spiro atoms. The molecule has 0 aromatic heterocycles. The van der Waals surface area contributed by atoms with Gasteiger partial charge in [-0.25, -0.2) is 0 Å². The van der Waals surface area contributed by atoms with Crippen molar-refractivity contribution < 1.29 is 4.79 Å². The van der Waals surface area contributed by atoms with E-state index in [0.29, 0.717) is 6.54 Å². The lowest BCUT2D eigenvalue weighted by Gasteiger charge is -2.32. The van der Waals surface area contributed by atoms with Crippen molar-refractivity contribution in [3.63, 3.8) is 0 Å². The van der Waals surface area contributed by atoms with Crippen molar-refractivity contribution in [3.05, 3.63) is 23.8 Å². The number of anilines is 2. The average Bonchev–Trinajstić information content (AvgIpc) is 2.28. The third kappa shape index (κ3) is 4.04. The Morgan fingerprint density at radius 3 is 2.75 bits per heavy atom. The summed E-state index contributed by atoms with van der Waals surface area (Å²) in [6, 6.07) is 5.93. The van der Waals surface area contributed by atoms with E-state index in [-0.39, 0.29) is 23.9 Å². The second-order valence-electron chi connectivity index (χ2n) is 6.17. The first-order chi connectivity index (χ1) is 8.87. The van der Waals surface area contributed by atoms with Crippen molar-refractivity contribution in [2.45, 2.75) is 39.2 Å². The summed E-state index contributed by atoms with van der Waals surface area (Å²) in [6.45, 7) is 7.29. The fourth-order valence-electron chi connectivity index (χ4n) is 2.52. The standard InChI is InChI=1S/C15H23N3O.ClH/c1-15(2,3)17-14(19)10-18-9-5-6-11-12(16)7-4-8-13(11)18;/h4,7-8H,5-6,9-10,16H2,1-3H3,(H,17,19);1H. The number of rotatable bonds is 2. The molecule has 0 atom stereocenters. The molecule has 0 radical (unpaired) electrons. The van der Waals surface area contributed by atoms with Crippen LogP contribution in [0, 0.1) is 0 Å². The third-order valence-corrected chi connectivity index (χ3v) is 3.23.